The van der Waals surface area contributed by atoms with E-state index in [9.17, 15) is 21.6 Å². The standard InChI is InChI=1S/C20H18F3N3O2S.ClH/c21-20(22,23)14-1-3-15(4-2-14)29(27,28)16-5-6-18-17(13-16)19(7-8-25-18)26-11-9-24-10-12-26;/h1-8,13,24H,9-12H2;1H. The monoisotopic (exact) mass is 457 g/mol. The van der Waals surface area contributed by atoms with Gasteiger partial charge in [0.05, 0.1) is 20.9 Å². The summed E-state index contributed by atoms with van der Waals surface area (Å²) in [6, 6.07) is 9.99. The van der Waals surface area contributed by atoms with Crippen LogP contribution in [0.1, 0.15) is 5.56 Å². The van der Waals surface area contributed by atoms with E-state index >= 15 is 0 Å². The van der Waals surface area contributed by atoms with Crippen LogP contribution >= 0.6 is 12.4 Å². The maximum Gasteiger partial charge on any atom is 0.416 e. The van der Waals surface area contributed by atoms with Gasteiger partial charge in [0, 0.05) is 43.4 Å². The highest BCUT2D eigenvalue weighted by Crippen LogP contribution is 2.33. The number of halogens is 4. The molecule has 1 aliphatic rings. The largest absolute Gasteiger partial charge is 0.416 e. The van der Waals surface area contributed by atoms with Crippen molar-refractivity contribution in [1.29, 1.82) is 0 Å². The van der Waals surface area contributed by atoms with Gasteiger partial charge in [0.2, 0.25) is 9.84 Å². The third-order valence-corrected chi connectivity index (χ3v) is 6.72. The number of sulfone groups is 1. The SMILES string of the molecule is Cl.O=S(=O)(c1ccc(C(F)(F)F)cc1)c1ccc2nccc(N3CCNCC3)c2c1. The first-order valence-corrected chi connectivity index (χ1v) is 10.5. The van der Waals surface area contributed by atoms with Crippen LogP contribution in [0.3, 0.4) is 0 Å². The molecule has 0 atom stereocenters. The Morgan fingerprint density at radius 2 is 1.57 bits per heavy atom. The zero-order chi connectivity index (χ0) is 20.6. The second kappa shape index (κ2) is 8.41. The van der Waals surface area contributed by atoms with E-state index in [1.54, 1.807) is 18.3 Å². The number of alkyl halides is 3. The van der Waals surface area contributed by atoms with Crippen molar-refractivity contribution in [3.63, 3.8) is 0 Å². The number of benzene rings is 2. The molecule has 1 saturated heterocycles. The minimum absolute atomic E-state index is 0. The first-order valence-electron chi connectivity index (χ1n) is 9.03. The molecule has 1 aliphatic heterocycles. The van der Waals surface area contributed by atoms with Crippen LogP contribution in [0.2, 0.25) is 0 Å². The van der Waals surface area contributed by atoms with Crippen LogP contribution < -0.4 is 10.2 Å². The van der Waals surface area contributed by atoms with E-state index in [0.717, 1.165) is 56.1 Å². The lowest BCUT2D eigenvalue weighted by Gasteiger charge is -2.30. The van der Waals surface area contributed by atoms with E-state index < -0.39 is 21.6 Å². The van der Waals surface area contributed by atoms with Crippen LogP contribution in [0.4, 0.5) is 18.9 Å². The van der Waals surface area contributed by atoms with Crippen LogP contribution in [0.5, 0.6) is 0 Å². The van der Waals surface area contributed by atoms with Gasteiger partial charge in [0.15, 0.2) is 0 Å². The molecule has 0 bridgehead atoms. The minimum Gasteiger partial charge on any atom is -0.368 e. The van der Waals surface area contributed by atoms with Gasteiger partial charge in [0.25, 0.3) is 0 Å². The molecule has 0 saturated carbocycles. The predicted octanol–water partition coefficient (Wildman–Crippen LogP) is 3.92. The molecule has 0 amide bonds. The van der Waals surface area contributed by atoms with Gasteiger partial charge < -0.3 is 10.2 Å². The number of anilines is 1. The Balaban J connectivity index is 0.00000256. The van der Waals surface area contributed by atoms with Crippen molar-refractivity contribution in [2.45, 2.75) is 16.0 Å². The van der Waals surface area contributed by atoms with Crippen molar-refractivity contribution in [2.75, 3.05) is 31.1 Å². The summed E-state index contributed by atoms with van der Waals surface area (Å²) >= 11 is 0. The highest BCUT2D eigenvalue weighted by molar-refractivity contribution is 7.91. The summed E-state index contributed by atoms with van der Waals surface area (Å²) in [5, 5.41) is 3.97. The van der Waals surface area contributed by atoms with Crippen molar-refractivity contribution in [1.82, 2.24) is 10.3 Å². The Kier molecular flexibility index (Phi) is 6.26. The van der Waals surface area contributed by atoms with Crippen molar-refractivity contribution < 1.29 is 21.6 Å². The van der Waals surface area contributed by atoms with Gasteiger partial charge in [0.1, 0.15) is 0 Å². The lowest BCUT2D eigenvalue weighted by molar-refractivity contribution is -0.137. The molecule has 0 unspecified atom stereocenters. The summed E-state index contributed by atoms with van der Waals surface area (Å²) in [6.45, 7) is 3.23. The molecule has 1 fully saturated rings. The predicted molar refractivity (Wildman–Crippen MR) is 111 cm³/mol. The molecular weight excluding hydrogens is 439 g/mol. The molecule has 10 heteroatoms. The molecular formula is C20H19ClF3N3O2S. The summed E-state index contributed by atoms with van der Waals surface area (Å²) < 4.78 is 64.3. The Hall–Kier alpha value is -2.36. The molecule has 0 aliphatic carbocycles. The number of nitrogens with zero attached hydrogens (tertiary/aromatic N) is 2. The zero-order valence-electron chi connectivity index (χ0n) is 15.7. The number of nitrogens with one attached hydrogen (secondary N) is 1. The quantitative estimate of drug-likeness (QED) is 0.646. The third-order valence-electron chi connectivity index (χ3n) is 4.95. The van der Waals surface area contributed by atoms with E-state index in [4.69, 9.17) is 0 Å². The van der Waals surface area contributed by atoms with Gasteiger partial charge >= 0.3 is 6.18 Å². The molecule has 1 N–H and O–H groups in total. The summed E-state index contributed by atoms with van der Waals surface area (Å²) in [7, 11) is -3.97. The molecule has 0 radical (unpaired) electrons. The molecule has 3 aromatic rings. The smallest absolute Gasteiger partial charge is 0.368 e. The molecule has 2 heterocycles. The number of piperazine rings is 1. The molecule has 0 spiro atoms. The van der Waals surface area contributed by atoms with Gasteiger partial charge in [-0.2, -0.15) is 13.2 Å². The maximum absolute atomic E-state index is 13.0. The van der Waals surface area contributed by atoms with Crippen LogP contribution in [0.15, 0.2) is 64.5 Å². The second-order valence-electron chi connectivity index (χ2n) is 6.77. The first kappa shape index (κ1) is 22.3. The number of hydrogen-bond acceptors (Lipinski definition) is 5. The maximum atomic E-state index is 13.0. The summed E-state index contributed by atoms with van der Waals surface area (Å²) in [5.74, 6) is 0. The number of hydrogen-bond donors (Lipinski definition) is 1. The number of fused-ring (bicyclic) bond motifs is 1. The van der Waals surface area contributed by atoms with Crippen molar-refractivity contribution in [2.24, 2.45) is 0 Å². The van der Waals surface area contributed by atoms with Gasteiger partial charge in [-0.1, -0.05) is 0 Å². The third kappa shape index (κ3) is 4.23. The first-order chi connectivity index (χ1) is 13.8. The average molecular weight is 458 g/mol. The molecule has 4 rings (SSSR count). The fraction of sp³-hybridized carbons (Fsp3) is 0.250. The molecule has 1 aromatic heterocycles. The second-order valence-corrected chi connectivity index (χ2v) is 8.72. The Morgan fingerprint density at radius 3 is 2.20 bits per heavy atom. The number of aromatic nitrogens is 1. The summed E-state index contributed by atoms with van der Waals surface area (Å²) in [4.78, 5) is 6.31. The van der Waals surface area contributed by atoms with Crippen molar-refractivity contribution in [3.8, 4) is 0 Å². The highest BCUT2D eigenvalue weighted by atomic mass is 35.5. The van der Waals surface area contributed by atoms with Crippen LogP contribution in [0.25, 0.3) is 10.9 Å². The van der Waals surface area contributed by atoms with E-state index in [-0.39, 0.29) is 22.2 Å². The Morgan fingerprint density at radius 1 is 0.933 bits per heavy atom. The minimum atomic E-state index is -4.52. The number of rotatable bonds is 3. The fourth-order valence-corrected chi connectivity index (χ4v) is 4.71. The van der Waals surface area contributed by atoms with Gasteiger partial charge in [-0.3, -0.25) is 4.98 Å². The van der Waals surface area contributed by atoms with E-state index in [0.29, 0.717) is 10.9 Å². The van der Waals surface area contributed by atoms with E-state index in [1.165, 1.54) is 6.07 Å². The lowest BCUT2D eigenvalue weighted by atomic mass is 10.1. The summed E-state index contributed by atoms with van der Waals surface area (Å²) in [6.07, 6.45) is -2.83. The lowest BCUT2D eigenvalue weighted by Crippen LogP contribution is -2.43. The molecule has 160 valence electrons. The molecule has 2 aromatic carbocycles. The number of pyridine rings is 1. The topological polar surface area (TPSA) is 62.3 Å². The fourth-order valence-electron chi connectivity index (χ4n) is 3.42. The highest BCUT2D eigenvalue weighted by Gasteiger charge is 2.31. The van der Waals surface area contributed by atoms with Crippen molar-refractivity contribution >= 4 is 38.8 Å². The Bertz CT molecular complexity index is 1150. The van der Waals surface area contributed by atoms with E-state index in [2.05, 4.69) is 15.2 Å². The Labute approximate surface area is 178 Å². The van der Waals surface area contributed by atoms with Gasteiger partial charge in [-0.25, -0.2) is 8.42 Å². The van der Waals surface area contributed by atoms with Gasteiger partial charge in [-0.15, -0.1) is 12.4 Å². The molecule has 30 heavy (non-hydrogen) atoms. The zero-order valence-corrected chi connectivity index (χ0v) is 17.3. The normalized spacial score (nSPS) is 15.1. The van der Waals surface area contributed by atoms with Crippen molar-refractivity contribution in [3.05, 3.63) is 60.3 Å². The van der Waals surface area contributed by atoms with Gasteiger partial charge in [-0.05, 0) is 48.5 Å². The van der Waals surface area contributed by atoms with E-state index in [1.807, 2.05) is 6.07 Å². The summed E-state index contributed by atoms with van der Waals surface area (Å²) in [5.41, 5.74) is 0.661. The van der Waals surface area contributed by atoms with Crippen LogP contribution in [-0.2, 0) is 16.0 Å². The van der Waals surface area contributed by atoms with Crippen LogP contribution in [-0.4, -0.2) is 39.6 Å². The van der Waals surface area contributed by atoms with Crippen LogP contribution in [0, 0.1) is 0 Å². The average Bonchev–Trinajstić information content (AvgIpc) is 2.73. The molecule has 5 nitrogen and oxygen atoms in total.